The lowest BCUT2D eigenvalue weighted by atomic mass is 10.0. The number of piperidine rings is 1. The Balaban J connectivity index is 2.24. The van der Waals surface area contributed by atoms with Crippen LogP contribution in [0.1, 0.15) is 52.0 Å². The molecule has 0 bridgehead atoms. The van der Waals surface area contributed by atoms with Crippen molar-refractivity contribution < 1.29 is 8.42 Å². The van der Waals surface area contributed by atoms with Gasteiger partial charge in [0.05, 0.1) is 6.20 Å². The van der Waals surface area contributed by atoms with E-state index in [1.807, 2.05) is 20.8 Å². The number of aromatic nitrogens is 2. The van der Waals surface area contributed by atoms with Crippen molar-refractivity contribution in [3.05, 3.63) is 11.8 Å². The Labute approximate surface area is 127 Å². The molecule has 0 spiro atoms. The number of nitrogens with zero attached hydrogens (tertiary/aromatic N) is 2. The molecule has 1 aliphatic rings. The van der Waals surface area contributed by atoms with Crippen molar-refractivity contribution in [3.8, 4) is 0 Å². The second kappa shape index (κ2) is 6.89. The molecule has 1 aromatic heterocycles. The van der Waals surface area contributed by atoms with Crippen LogP contribution in [-0.4, -0.2) is 41.5 Å². The highest BCUT2D eigenvalue weighted by molar-refractivity contribution is 7.89. The zero-order chi connectivity index (χ0) is 15.5. The van der Waals surface area contributed by atoms with Gasteiger partial charge in [-0.3, -0.25) is 5.10 Å². The largest absolute Gasteiger partial charge is 0.310 e. The Bertz CT molecular complexity index is 553. The van der Waals surface area contributed by atoms with E-state index in [1.54, 1.807) is 10.5 Å². The number of aromatic amines is 1. The number of nitrogens with one attached hydrogen (secondary N) is 2. The molecule has 1 aliphatic heterocycles. The maximum absolute atomic E-state index is 12.9. The molecule has 0 aromatic carbocycles. The maximum atomic E-state index is 12.9. The van der Waals surface area contributed by atoms with Crippen molar-refractivity contribution in [1.82, 2.24) is 19.8 Å². The fraction of sp³-hybridized carbons (Fsp3) is 0.786. The van der Waals surface area contributed by atoms with E-state index in [-0.39, 0.29) is 11.1 Å². The van der Waals surface area contributed by atoms with E-state index in [4.69, 9.17) is 0 Å². The summed E-state index contributed by atoms with van der Waals surface area (Å²) in [5, 5.41) is 10.1. The minimum Gasteiger partial charge on any atom is -0.310 e. The minimum absolute atomic E-state index is 0.109. The van der Waals surface area contributed by atoms with Gasteiger partial charge in [0.1, 0.15) is 0 Å². The molecule has 0 amide bonds. The van der Waals surface area contributed by atoms with E-state index in [0.29, 0.717) is 24.7 Å². The summed E-state index contributed by atoms with van der Waals surface area (Å²) in [7, 11) is -3.48. The van der Waals surface area contributed by atoms with Gasteiger partial charge >= 0.3 is 0 Å². The molecule has 21 heavy (non-hydrogen) atoms. The van der Waals surface area contributed by atoms with Gasteiger partial charge < -0.3 is 5.32 Å². The van der Waals surface area contributed by atoms with Crippen LogP contribution in [0.15, 0.2) is 11.2 Å². The van der Waals surface area contributed by atoms with Crippen LogP contribution in [0.2, 0.25) is 0 Å². The molecule has 0 aliphatic carbocycles. The van der Waals surface area contributed by atoms with Gasteiger partial charge in [-0.15, -0.1) is 0 Å². The van der Waals surface area contributed by atoms with Crippen LogP contribution in [0.5, 0.6) is 0 Å². The third-order valence-electron chi connectivity index (χ3n) is 3.99. The summed E-state index contributed by atoms with van der Waals surface area (Å²) in [4.78, 5) is 0. The van der Waals surface area contributed by atoms with Crippen LogP contribution >= 0.6 is 0 Å². The lowest BCUT2D eigenvalue weighted by molar-refractivity contribution is 0.246. The molecule has 1 unspecified atom stereocenters. The summed E-state index contributed by atoms with van der Waals surface area (Å²) in [5.74, 6) is 0. The molecule has 2 N–H and O–H groups in total. The molecule has 1 saturated heterocycles. The van der Waals surface area contributed by atoms with Crippen LogP contribution in [-0.2, 0) is 16.6 Å². The van der Waals surface area contributed by atoms with E-state index in [0.717, 1.165) is 25.7 Å². The van der Waals surface area contributed by atoms with Crippen LogP contribution in [0.3, 0.4) is 0 Å². The van der Waals surface area contributed by atoms with Gasteiger partial charge in [0.25, 0.3) is 10.0 Å². The molecule has 120 valence electrons. The third kappa shape index (κ3) is 3.64. The predicted molar refractivity (Wildman–Crippen MR) is 82.4 cm³/mol. The lowest BCUT2D eigenvalue weighted by Crippen LogP contribution is -2.43. The van der Waals surface area contributed by atoms with E-state index in [1.165, 1.54) is 0 Å². The maximum Gasteiger partial charge on any atom is 0.260 e. The van der Waals surface area contributed by atoms with E-state index < -0.39 is 10.0 Å². The first-order valence-electron chi connectivity index (χ1n) is 7.74. The van der Waals surface area contributed by atoms with Crippen molar-refractivity contribution >= 4 is 10.0 Å². The van der Waals surface area contributed by atoms with Crippen LogP contribution in [0.4, 0.5) is 0 Å². The average molecular weight is 314 g/mol. The molecule has 7 heteroatoms. The summed E-state index contributed by atoms with van der Waals surface area (Å²) in [6.07, 6.45) is 5.45. The number of hydrogen-bond acceptors (Lipinski definition) is 4. The molecular weight excluding hydrogens is 288 g/mol. The minimum atomic E-state index is -3.48. The molecule has 6 nitrogen and oxygen atoms in total. The van der Waals surface area contributed by atoms with Gasteiger partial charge in [0.2, 0.25) is 0 Å². The first kappa shape index (κ1) is 16.5. The summed E-state index contributed by atoms with van der Waals surface area (Å²) in [6, 6.07) is 0.409. The Morgan fingerprint density at radius 3 is 2.90 bits per heavy atom. The monoisotopic (exact) mass is 314 g/mol. The Morgan fingerprint density at radius 1 is 1.48 bits per heavy atom. The van der Waals surface area contributed by atoms with Gasteiger partial charge in [-0.1, -0.05) is 27.2 Å². The quantitative estimate of drug-likeness (QED) is 0.840. The zero-order valence-corrected chi connectivity index (χ0v) is 13.9. The molecule has 2 rings (SSSR count). The standard InChI is InChI=1S/C14H26N4O2S/c1-4-13-7-5-6-8-18(13)21(19,20)14-12(10-16-17-14)9-15-11(2)3/h10-11,13,15H,4-9H2,1-3H3,(H,16,17). The van der Waals surface area contributed by atoms with Gasteiger partial charge in [-0.2, -0.15) is 9.40 Å². The topological polar surface area (TPSA) is 78.1 Å². The highest BCUT2D eigenvalue weighted by Gasteiger charge is 2.34. The molecular formula is C14H26N4O2S. The molecule has 0 saturated carbocycles. The number of H-pyrrole nitrogens is 1. The van der Waals surface area contributed by atoms with Crippen LogP contribution < -0.4 is 5.32 Å². The Kier molecular flexibility index (Phi) is 5.40. The van der Waals surface area contributed by atoms with Gasteiger partial charge in [0.15, 0.2) is 5.03 Å². The van der Waals surface area contributed by atoms with Crippen LogP contribution in [0.25, 0.3) is 0 Å². The van der Waals surface area contributed by atoms with Gasteiger partial charge in [-0.05, 0) is 19.3 Å². The molecule has 0 radical (unpaired) electrons. The number of rotatable bonds is 6. The van der Waals surface area contributed by atoms with E-state index >= 15 is 0 Å². The SMILES string of the molecule is CCC1CCCCN1S(=O)(=O)c1[nH]ncc1CNC(C)C. The summed E-state index contributed by atoms with van der Waals surface area (Å²) < 4.78 is 27.5. The molecule has 2 heterocycles. The highest BCUT2D eigenvalue weighted by atomic mass is 32.2. The molecule has 1 fully saturated rings. The summed E-state index contributed by atoms with van der Waals surface area (Å²) in [6.45, 7) is 7.23. The Hall–Kier alpha value is -0.920. The average Bonchev–Trinajstić information content (AvgIpc) is 2.94. The van der Waals surface area contributed by atoms with Crippen molar-refractivity contribution in [2.45, 2.75) is 70.1 Å². The smallest absolute Gasteiger partial charge is 0.260 e. The summed E-state index contributed by atoms with van der Waals surface area (Å²) in [5.41, 5.74) is 0.712. The first-order chi connectivity index (χ1) is 9.96. The van der Waals surface area contributed by atoms with Crippen molar-refractivity contribution in [2.75, 3.05) is 6.54 Å². The first-order valence-corrected chi connectivity index (χ1v) is 9.18. The lowest BCUT2D eigenvalue weighted by Gasteiger charge is -2.33. The Morgan fingerprint density at radius 2 is 2.24 bits per heavy atom. The fourth-order valence-corrected chi connectivity index (χ4v) is 4.65. The normalized spacial score (nSPS) is 21.0. The molecule has 1 atom stereocenters. The van der Waals surface area contributed by atoms with Crippen molar-refractivity contribution in [2.24, 2.45) is 0 Å². The van der Waals surface area contributed by atoms with E-state index in [2.05, 4.69) is 15.5 Å². The fourth-order valence-electron chi connectivity index (χ4n) is 2.78. The van der Waals surface area contributed by atoms with Crippen molar-refractivity contribution in [1.29, 1.82) is 0 Å². The van der Waals surface area contributed by atoms with Crippen molar-refractivity contribution in [3.63, 3.8) is 0 Å². The second-order valence-corrected chi connectivity index (χ2v) is 7.76. The van der Waals surface area contributed by atoms with E-state index in [9.17, 15) is 8.42 Å². The van der Waals surface area contributed by atoms with Gasteiger partial charge in [0, 0.05) is 30.7 Å². The summed E-state index contributed by atoms with van der Waals surface area (Å²) >= 11 is 0. The predicted octanol–water partition coefficient (Wildman–Crippen LogP) is 1.86. The second-order valence-electron chi connectivity index (χ2n) is 5.93. The molecule has 1 aromatic rings. The number of sulfonamides is 1. The zero-order valence-electron chi connectivity index (χ0n) is 13.1. The number of hydrogen-bond donors (Lipinski definition) is 2. The van der Waals surface area contributed by atoms with Crippen LogP contribution in [0, 0.1) is 0 Å². The highest BCUT2D eigenvalue weighted by Crippen LogP contribution is 2.27. The third-order valence-corrected chi connectivity index (χ3v) is 5.96. The van der Waals surface area contributed by atoms with Gasteiger partial charge in [-0.25, -0.2) is 8.42 Å².